The third-order valence-corrected chi connectivity index (χ3v) is 2.35. The van der Waals surface area contributed by atoms with Gasteiger partial charge in [-0.1, -0.05) is 24.3 Å². The van der Waals surface area contributed by atoms with Crippen LogP contribution in [0.2, 0.25) is 0 Å². The summed E-state index contributed by atoms with van der Waals surface area (Å²) in [6.45, 7) is 4.84. The molecule has 0 amide bonds. The topological polar surface area (TPSA) is 12.0 Å². The van der Waals surface area contributed by atoms with Gasteiger partial charge < -0.3 is 5.32 Å². The summed E-state index contributed by atoms with van der Waals surface area (Å²) >= 11 is 0. The molecule has 0 radical (unpaired) electrons. The molecule has 1 aromatic rings. The van der Waals surface area contributed by atoms with Gasteiger partial charge in [0.25, 0.3) is 0 Å². The van der Waals surface area contributed by atoms with Gasteiger partial charge in [0, 0.05) is 6.54 Å². The Bertz CT molecular complexity index is 358. The number of hydrogen-bond donors (Lipinski definition) is 1. The molecule has 1 N–H and O–H groups in total. The molecular formula is C13H16F3N. The SMILES string of the molecule is C=CCCCNCc1cccc(C(F)(F)F)c1. The van der Waals surface area contributed by atoms with E-state index in [2.05, 4.69) is 11.9 Å². The van der Waals surface area contributed by atoms with Crippen molar-refractivity contribution in [3.05, 3.63) is 48.0 Å². The highest BCUT2D eigenvalue weighted by atomic mass is 19.4. The lowest BCUT2D eigenvalue weighted by molar-refractivity contribution is -0.137. The fraction of sp³-hybridized carbons (Fsp3) is 0.385. The Morgan fingerprint density at radius 2 is 2.06 bits per heavy atom. The van der Waals surface area contributed by atoms with Crippen LogP contribution < -0.4 is 5.32 Å². The van der Waals surface area contributed by atoms with Gasteiger partial charge in [0.05, 0.1) is 5.56 Å². The maximum Gasteiger partial charge on any atom is 0.416 e. The van der Waals surface area contributed by atoms with Crippen molar-refractivity contribution in [3.63, 3.8) is 0 Å². The Kier molecular flexibility index (Phi) is 5.22. The van der Waals surface area contributed by atoms with Gasteiger partial charge in [0.2, 0.25) is 0 Å². The van der Waals surface area contributed by atoms with Crippen molar-refractivity contribution in [1.82, 2.24) is 5.32 Å². The van der Waals surface area contributed by atoms with Crippen molar-refractivity contribution < 1.29 is 13.2 Å². The van der Waals surface area contributed by atoms with Crippen LogP contribution in [-0.2, 0) is 12.7 Å². The molecule has 4 heteroatoms. The number of halogens is 3. The summed E-state index contributed by atoms with van der Waals surface area (Å²) in [5.41, 5.74) is 0.0568. The van der Waals surface area contributed by atoms with Crippen LogP contribution in [0.4, 0.5) is 13.2 Å². The standard InChI is InChI=1S/C13H16F3N/c1-2-3-4-8-17-10-11-6-5-7-12(9-11)13(14,15)16/h2,5-7,9,17H,1,3-4,8,10H2. The fourth-order valence-electron chi connectivity index (χ4n) is 1.46. The Labute approximate surface area is 99.3 Å². The van der Waals surface area contributed by atoms with Crippen molar-refractivity contribution >= 4 is 0 Å². The van der Waals surface area contributed by atoms with Crippen LogP contribution >= 0.6 is 0 Å². The first kappa shape index (κ1) is 13.8. The highest BCUT2D eigenvalue weighted by molar-refractivity contribution is 5.25. The molecule has 1 rings (SSSR count). The normalized spacial score (nSPS) is 11.5. The smallest absolute Gasteiger partial charge is 0.313 e. The minimum Gasteiger partial charge on any atom is -0.313 e. The molecule has 0 aliphatic carbocycles. The van der Waals surface area contributed by atoms with E-state index in [1.165, 1.54) is 12.1 Å². The number of unbranched alkanes of at least 4 members (excludes halogenated alkanes) is 1. The minimum absolute atomic E-state index is 0.459. The molecule has 0 unspecified atom stereocenters. The van der Waals surface area contributed by atoms with Crippen LogP contribution in [0.15, 0.2) is 36.9 Å². The first-order valence-corrected chi connectivity index (χ1v) is 5.52. The van der Waals surface area contributed by atoms with E-state index in [0.29, 0.717) is 12.1 Å². The molecule has 1 nitrogen and oxygen atoms in total. The van der Waals surface area contributed by atoms with Gasteiger partial charge in [-0.3, -0.25) is 0 Å². The van der Waals surface area contributed by atoms with Crippen LogP contribution in [0.25, 0.3) is 0 Å². The number of rotatable bonds is 6. The van der Waals surface area contributed by atoms with Crippen LogP contribution in [0.5, 0.6) is 0 Å². The zero-order valence-corrected chi connectivity index (χ0v) is 9.56. The zero-order valence-electron chi connectivity index (χ0n) is 9.56. The van der Waals surface area contributed by atoms with E-state index in [0.717, 1.165) is 25.5 Å². The maximum absolute atomic E-state index is 12.4. The molecule has 0 saturated heterocycles. The van der Waals surface area contributed by atoms with E-state index >= 15 is 0 Å². The summed E-state index contributed by atoms with van der Waals surface area (Å²) in [5.74, 6) is 0. The lowest BCUT2D eigenvalue weighted by Crippen LogP contribution is -2.15. The predicted molar refractivity (Wildman–Crippen MR) is 62.6 cm³/mol. The van der Waals surface area contributed by atoms with Gasteiger partial charge in [-0.15, -0.1) is 6.58 Å². The molecule has 0 aliphatic heterocycles. The largest absolute Gasteiger partial charge is 0.416 e. The van der Waals surface area contributed by atoms with Crippen molar-refractivity contribution in [2.24, 2.45) is 0 Å². The van der Waals surface area contributed by atoms with E-state index in [-0.39, 0.29) is 0 Å². The molecular weight excluding hydrogens is 227 g/mol. The summed E-state index contributed by atoms with van der Waals surface area (Å²) in [6, 6.07) is 5.39. The van der Waals surface area contributed by atoms with E-state index in [4.69, 9.17) is 0 Å². The Morgan fingerprint density at radius 1 is 1.29 bits per heavy atom. The molecule has 0 bridgehead atoms. The number of nitrogens with one attached hydrogen (secondary N) is 1. The Balaban J connectivity index is 2.46. The average Bonchev–Trinajstić information content (AvgIpc) is 2.28. The minimum atomic E-state index is -4.27. The molecule has 1 aromatic carbocycles. The summed E-state index contributed by atoms with van der Waals surface area (Å²) in [4.78, 5) is 0. The van der Waals surface area contributed by atoms with Crippen molar-refractivity contribution in [2.45, 2.75) is 25.6 Å². The van der Waals surface area contributed by atoms with Crippen LogP contribution in [-0.4, -0.2) is 6.54 Å². The molecule has 0 atom stereocenters. The van der Waals surface area contributed by atoms with Gasteiger partial charge in [-0.05, 0) is 31.0 Å². The van der Waals surface area contributed by atoms with Gasteiger partial charge in [0.1, 0.15) is 0 Å². The van der Waals surface area contributed by atoms with Gasteiger partial charge >= 0.3 is 6.18 Å². The third kappa shape index (κ3) is 5.04. The molecule has 0 aromatic heterocycles. The summed E-state index contributed by atoms with van der Waals surface area (Å²) in [7, 11) is 0. The Hall–Kier alpha value is -1.29. The second kappa shape index (κ2) is 6.45. The molecule has 17 heavy (non-hydrogen) atoms. The molecule has 0 aliphatic rings. The van der Waals surface area contributed by atoms with E-state index in [9.17, 15) is 13.2 Å². The molecule has 94 valence electrons. The van der Waals surface area contributed by atoms with Crippen LogP contribution in [0, 0.1) is 0 Å². The van der Waals surface area contributed by atoms with Gasteiger partial charge in [0.15, 0.2) is 0 Å². The maximum atomic E-state index is 12.4. The first-order chi connectivity index (χ1) is 8.04. The average molecular weight is 243 g/mol. The summed E-state index contributed by atoms with van der Waals surface area (Å²) in [5, 5.41) is 3.10. The fourth-order valence-corrected chi connectivity index (χ4v) is 1.46. The van der Waals surface area contributed by atoms with Crippen LogP contribution in [0.3, 0.4) is 0 Å². The van der Waals surface area contributed by atoms with Crippen molar-refractivity contribution in [1.29, 1.82) is 0 Å². The second-order valence-electron chi connectivity index (χ2n) is 3.81. The van der Waals surface area contributed by atoms with E-state index < -0.39 is 11.7 Å². The predicted octanol–water partition coefficient (Wildman–Crippen LogP) is 3.76. The molecule has 0 heterocycles. The zero-order chi connectivity index (χ0) is 12.7. The summed E-state index contributed by atoms with van der Waals surface area (Å²) < 4.78 is 37.3. The van der Waals surface area contributed by atoms with E-state index in [1.807, 2.05) is 6.08 Å². The van der Waals surface area contributed by atoms with Crippen LogP contribution in [0.1, 0.15) is 24.0 Å². The number of benzene rings is 1. The summed E-state index contributed by atoms with van der Waals surface area (Å²) in [6.07, 6.45) is -0.580. The Morgan fingerprint density at radius 3 is 2.71 bits per heavy atom. The molecule has 0 fully saturated rings. The first-order valence-electron chi connectivity index (χ1n) is 5.52. The highest BCUT2D eigenvalue weighted by Gasteiger charge is 2.30. The lowest BCUT2D eigenvalue weighted by Gasteiger charge is -2.09. The van der Waals surface area contributed by atoms with Crippen molar-refractivity contribution in [3.8, 4) is 0 Å². The monoisotopic (exact) mass is 243 g/mol. The molecule has 0 spiro atoms. The van der Waals surface area contributed by atoms with Gasteiger partial charge in [-0.2, -0.15) is 13.2 Å². The van der Waals surface area contributed by atoms with Crippen molar-refractivity contribution in [2.75, 3.05) is 6.54 Å². The highest BCUT2D eigenvalue weighted by Crippen LogP contribution is 2.29. The lowest BCUT2D eigenvalue weighted by atomic mass is 10.1. The quantitative estimate of drug-likeness (QED) is 0.592. The third-order valence-electron chi connectivity index (χ3n) is 2.35. The number of hydrogen-bond acceptors (Lipinski definition) is 1. The van der Waals surface area contributed by atoms with Gasteiger partial charge in [-0.25, -0.2) is 0 Å². The molecule has 0 saturated carbocycles. The van der Waals surface area contributed by atoms with E-state index in [1.54, 1.807) is 6.07 Å². The number of alkyl halides is 3. The number of allylic oxidation sites excluding steroid dienone is 1. The second-order valence-corrected chi connectivity index (χ2v) is 3.81.